The van der Waals surface area contributed by atoms with Crippen molar-refractivity contribution in [2.24, 2.45) is 5.92 Å². The third kappa shape index (κ3) is 2.92. The van der Waals surface area contributed by atoms with Gasteiger partial charge in [-0.15, -0.1) is 0 Å². The fourth-order valence-electron chi connectivity index (χ4n) is 2.97. The van der Waals surface area contributed by atoms with Gasteiger partial charge in [0.1, 0.15) is 5.69 Å². The Kier molecular flexibility index (Phi) is 3.91. The minimum Gasteiger partial charge on any atom is -0.393 e. The summed E-state index contributed by atoms with van der Waals surface area (Å²) in [7, 11) is 0. The number of aliphatic hydroxyl groups is 1. The molecule has 4 nitrogen and oxygen atoms in total. The first kappa shape index (κ1) is 14.4. The molecule has 2 aromatic rings. The molecule has 5 heteroatoms. The van der Waals surface area contributed by atoms with Crippen LogP contribution in [0.5, 0.6) is 0 Å². The number of halogens is 1. The smallest absolute Gasteiger partial charge is 0.270 e. The average Bonchev–Trinajstić information content (AvgIpc) is 2.89. The van der Waals surface area contributed by atoms with Gasteiger partial charge in [-0.25, -0.2) is 0 Å². The van der Waals surface area contributed by atoms with Crippen LogP contribution < -0.4 is 0 Å². The average molecular weight is 307 g/mol. The van der Waals surface area contributed by atoms with Gasteiger partial charge in [-0.05, 0) is 49.9 Å². The molecule has 1 amide bonds. The number of H-pyrrole nitrogens is 1. The number of aromatic nitrogens is 1. The molecule has 1 saturated heterocycles. The maximum Gasteiger partial charge on any atom is 0.270 e. The monoisotopic (exact) mass is 306 g/mol. The second kappa shape index (κ2) is 5.70. The quantitative estimate of drug-likeness (QED) is 0.896. The zero-order valence-electron chi connectivity index (χ0n) is 12.0. The van der Waals surface area contributed by atoms with E-state index in [1.165, 1.54) is 0 Å². The molecule has 1 atom stereocenters. The molecule has 1 aliphatic rings. The summed E-state index contributed by atoms with van der Waals surface area (Å²) >= 11 is 5.97. The number of carbonyl (C=O) groups excluding carboxylic acids is 1. The van der Waals surface area contributed by atoms with Gasteiger partial charge in [0.2, 0.25) is 0 Å². The van der Waals surface area contributed by atoms with Gasteiger partial charge in [0.05, 0.1) is 6.10 Å². The van der Waals surface area contributed by atoms with Crippen LogP contribution in [0.25, 0.3) is 10.9 Å². The van der Waals surface area contributed by atoms with Crippen LogP contribution in [0, 0.1) is 5.92 Å². The van der Waals surface area contributed by atoms with E-state index in [0.29, 0.717) is 29.7 Å². The molecule has 2 N–H and O–H groups in total. The van der Waals surface area contributed by atoms with E-state index in [0.717, 1.165) is 23.7 Å². The predicted molar refractivity (Wildman–Crippen MR) is 83.6 cm³/mol. The molecule has 21 heavy (non-hydrogen) atoms. The molecule has 0 saturated carbocycles. The Bertz CT molecular complexity index is 657. The minimum atomic E-state index is -0.294. The highest BCUT2D eigenvalue weighted by atomic mass is 35.5. The second-order valence-corrected chi connectivity index (χ2v) is 6.22. The number of piperidine rings is 1. The third-order valence-corrected chi connectivity index (χ3v) is 4.56. The summed E-state index contributed by atoms with van der Waals surface area (Å²) in [6.07, 6.45) is 1.42. The number of nitrogens with zero attached hydrogens (tertiary/aromatic N) is 1. The number of likely N-dealkylation sites (tertiary alicyclic amines) is 1. The van der Waals surface area contributed by atoms with Crippen molar-refractivity contribution in [3.05, 3.63) is 35.0 Å². The van der Waals surface area contributed by atoms with Gasteiger partial charge in [0.25, 0.3) is 5.91 Å². The van der Waals surface area contributed by atoms with Crippen molar-refractivity contribution < 1.29 is 9.90 Å². The van der Waals surface area contributed by atoms with Crippen LogP contribution >= 0.6 is 11.6 Å². The molecule has 1 aliphatic heterocycles. The fourth-order valence-corrected chi connectivity index (χ4v) is 3.15. The highest BCUT2D eigenvalue weighted by Gasteiger charge is 2.26. The van der Waals surface area contributed by atoms with E-state index in [2.05, 4.69) is 4.98 Å². The van der Waals surface area contributed by atoms with Gasteiger partial charge in [0.15, 0.2) is 0 Å². The van der Waals surface area contributed by atoms with Crippen LogP contribution in [-0.4, -0.2) is 40.1 Å². The van der Waals surface area contributed by atoms with Crippen LogP contribution in [0.4, 0.5) is 0 Å². The lowest BCUT2D eigenvalue weighted by molar-refractivity contribution is 0.0518. The molecule has 0 bridgehead atoms. The molecule has 1 unspecified atom stereocenters. The summed E-state index contributed by atoms with van der Waals surface area (Å²) < 4.78 is 0. The number of carbonyl (C=O) groups is 1. The minimum absolute atomic E-state index is 0.0198. The first-order valence-electron chi connectivity index (χ1n) is 7.30. The number of hydrogen-bond donors (Lipinski definition) is 2. The predicted octanol–water partition coefficient (Wildman–Crippen LogP) is 3.05. The SMILES string of the molecule is CC(O)C1CCN(C(=O)c2cc3cc(Cl)ccc3[nH]2)CC1. The number of nitrogens with one attached hydrogen (secondary N) is 1. The number of fused-ring (bicyclic) bond motifs is 1. The number of aliphatic hydroxyl groups excluding tert-OH is 1. The first-order valence-corrected chi connectivity index (χ1v) is 7.68. The number of hydrogen-bond acceptors (Lipinski definition) is 2. The number of benzene rings is 1. The largest absolute Gasteiger partial charge is 0.393 e. The highest BCUT2D eigenvalue weighted by Crippen LogP contribution is 2.24. The maximum absolute atomic E-state index is 12.5. The van der Waals surface area contributed by atoms with Crippen molar-refractivity contribution in [2.45, 2.75) is 25.9 Å². The zero-order valence-corrected chi connectivity index (χ0v) is 12.7. The Balaban J connectivity index is 1.75. The summed E-state index contributed by atoms with van der Waals surface area (Å²) in [5.41, 5.74) is 1.52. The van der Waals surface area contributed by atoms with Gasteiger partial charge in [-0.2, -0.15) is 0 Å². The van der Waals surface area contributed by atoms with E-state index < -0.39 is 0 Å². The van der Waals surface area contributed by atoms with E-state index in [9.17, 15) is 9.90 Å². The molecule has 0 radical (unpaired) electrons. The van der Waals surface area contributed by atoms with E-state index in [1.54, 1.807) is 0 Å². The van der Waals surface area contributed by atoms with Gasteiger partial charge >= 0.3 is 0 Å². The van der Waals surface area contributed by atoms with Crippen molar-refractivity contribution in [1.29, 1.82) is 0 Å². The Morgan fingerprint density at radius 1 is 1.38 bits per heavy atom. The van der Waals surface area contributed by atoms with Crippen molar-refractivity contribution in [1.82, 2.24) is 9.88 Å². The standard InChI is InChI=1S/C16H19ClN2O2/c1-10(20)11-4-6-19(7-5-11)16(21)15-9-12-8-13(17)2-3-14(12)18-15/h2-3,8-11,18,20H,4-7H2,1H3. The molecule has 1 aromatic carbocycles. The van der Waals surface area contributed by atoms with Crippen molar-refractivity contribution in [2.75, 3.05) is 13.1 Å². The second-order valence-electron chi connectivity index (χ2n) is 5.78. The number of rotatable bonds is 2. The highest BCUT2D eigenvalue weighted by molar-refractivity contribution is 6.31. The van der Waals surface area contributed by atoms with Crippen molar-refractivity contribution >= 4 is 28.4 Å². The summed E-state index contributed by atoms with van der Waals surface area (Å²) in [6.45, 7) is 3.22. The zero-order chi connectivity index (χ0) is 15.0. The lowest BCUT2D eigenvalue weighted by Crippen LogP contribution is -2.40. The number of aromatic amines is 1. The molecule has 0 spiro atoms. The van der Waals surface area contributed by atoms with E-state index in [1.807, 2.05) is 36.1 Å². The molecule has 3 rings (SSSR count). The maximum atomic E-state index is 12.5. The van der Waals surface area contributed by atoms with Crippen LogP contribution in [0.2, 0.25) is 5.02 Å². The molecule has 112 valence electrons. The Labute approximate surface area is 128 Å². The molecular formula is C16H19ClN2O2. The van der Waals surface area contributed by atoms with Crippen molar-refractivity contribution in [3.63, 3.8) is 0 Å². The van der Waals surface area contributed by atoms with Crippen molar-refractivity contribution in [3.8, 4) is 0 Å². The Morgan fingerprint density at radius 3 is 2.76 bits per heavy atom. The van der Waals surface area contributed by atoms with Gasteiger partial charge in [-0.1, -0.05) is 11.6 Å². The van der Waals surface area contributed by atoms with Crippen LogP contribution in [0.1, 0.15) is 30.3 Å². The molecule has 0 aliphatic carbocycles. The molecule has 2 heterocycles. The van der Waals surface area contributed by atoms with E-state index in [-0.39, 0.29) is 12.0 Å². The van der Waals surface area contributed by atoms with Crippen LogP contribution in [0.3, 0.4) is 0 Å². The Morgan fingerprint density at radius 2 is 2.10 bits per heavy atom. The fraction of sp³-hybridized carbons (Fsp3) is 0.438. The van der Waals surface area contributed by atoms with Gasteiger partial charge in [-0.3, -0.25) is 4.79 Å². The summed E-state index contributed by atoms with van der Waals surface area (Å²) in [5, 5.41) is 11.2. The van der Waals surface area contributed by atoms with Crippen LogP contribution in [0.15, 0.2) is 24.3 Å². The summed E-state index contributed by atoms with van der Waals surface area (Å²) in [5.74, 6) is 0.321. The molecule has 1 aromatic heterocycles. The van der Waals surface area contributed by atoms with E-state index >= 15 is 0 Å². The normalized spacial score (nSPS) is 18.1. The van der Waals surface area contributed by atoms with Gasteiger partial charge < -0.3 is 15.0 Å². The molecular weight excluding hydrogens is 288 g/mol. The van der Waals surface area contributed by atoms with Crippen LogP contribution in [-0.2, 0) is 0 Å². The lowest BCUT2D eigenvalue weighted by Gasteiger charge is -2.33. The first-order chi connectivity index (χ1) is 10.0. The van der Waals surface area contributed by atoms with E-state index in [4.69, 9.17) is 11.6 Å². The van der Waals surface area contributed by atoms with Gasteiger partial charge in [0, 0.05) is 29.0 Å². The topological polar surface area (TPSA) is 56.3 Å². The summed E-state index contributed by atoms with van der Waals surface area (Å²) in [6, 6.07) is 7.39. The lowest BCUT2D eigenvalue weighted by atomic mass is 9.92. The third-order valence-electron chi connectivity index (χ3n) is 4.32. The Hall–Kier alpha value is -1.52. The summed E-state index contributed by atoms with van der Waals surface area (Å²) in [4.78, 5) is 17.5. The number of amides is 1. The molecule has 1 fully saturated rings.